The zero-order valence-corrected chi connectivity index (χ0v) is 20.9. The Morgan fingerprint density at radius 1 is 1.16 bits per heavy atom. The van der Waals surface area contributed by atoms with Gasteiger partial charge < -0.3 is 9.47 Å². The largest absolute Gasteiger partial charge is 0.493 e. The van der Waals surface area contributed by atoms with Crippen molar-refractivity contribution in [2.75, 3.05) is 7.11 Å². The highest BCUT2D eigenvalue weighted by Gasteiger charge is 2.36. The van der Waals surface area contributed by atoms with Gasteiger partial charge in [0, 0.05) is 23.5 Å². The molecular weight excluding hydrogens is 486 g/mol. The number of carbonyl (C=O) groups excluding carboxylic acids is 1. The highest BCUT2D eigenvalue weighted by Crippen LogP contribution is 2.36. The number of hydrazone groups is 1. The molecular formula is C28H23N5O3S. The first-order valence-electron chi connectivity index (χ1n) is 11.5. The number of nitrogens with zero attached hydrogens (tertiary/aromatic N) is 4. The summed E-state index contributed by atoms with van der Waals surface area (Å²) in [5.41, 5.74) is 3.48. The van der Waals surface area contributed by atoms with Crippen LogP contribution in [-0.4, -0.2) is 39.1 Å². The number of fused-ring (bicyclic) bond motifs is 1. The number of benzene rings is 2. The number of nitrogens with one attached hydrogen (secondary N) is 1. The third-order valence-corrected chi connectivity index (χ3v) is 6.60. The van der Waals surface area contributed by atoms with Gasteiger partial charge in [-0.3, -0.25) is 15.2 Å². The van der Waals surface area contributed by atoms with E-state index in [0.29, 0.717) is 40.3 Å². The lowest BCUT2D eigenvalue weighted by Crippen LogP contribution is -2.35. The zero-order chi connectivity index (χ0) is 25.8. The van der Waals surface area contributed by atoms with Crippen molar-refractivity contribution in [3.63, 3.8) is 0 Å². The molecule has 2 aliphatic heterocycles. The third-order valence-electron chi connectivity index (χ3n) is 5.64. The summed E-state index contributed by atoms with van der Waals surface area (Å²) in [6, 6.07) is 17.2. The number of aliphatic imine (C=N–C) groups is 1. The molecule has 0 atom stereocenters. The van der Waals surface area contributed by atoms with Crippen molar-refractivity contribution >= 4 is 39.8 Å². The van der Waals surface area contributed by atoms with E-state index >= 15 is 0 Å². The predicted octanol–water partition coefficient (Wildman–Crippen LogP) is 5.07. The number of pyridine rings is 1. The number of methoxy groups -OCH3 is 1. The molecule has 0 radical (unpaired) electrons. The second-order valence-corrected chi connectivity index (χ2v) is 9.10. The smallest absolute Gasteiger partial charge is 0.283 e. The molecule has 2 aliphatic rings. The van der Waals surface area contributed by atoms with Gasteiger partial charge in [0.1, 0.15) is 11.7 Å². The van der Waals surface area contributed by atoms with E-state index in [9.17, 15) is 4.79 Å². The molecule has 0 spiro atoms. The van der Waals surface area contributed by atoms with Crippen molar-refractivity contribution < 1.29 is 14.3 Å². The average molecular weight is 510 g/mol. The first kappa shape index (κ1) is 24.2. The number of allylic oxidation sites excluding steroid dienone is 1. The highest BCUT2D eigenvalue weighted by atomic mass is 32.2. The Balaban J connectivity index is 1.46. The zero-order valence-electron chi connectivity index (χ0n) is 20.0. The molecule has 3 aromatic rings. The monoisotopic (exact) mass is 509 g/mol. The van der Waals surface area contributed by atoms with Crippen molar-refractivity contribution in [1.82, 2.24) is 9.99 Å². The number of carbonyl (C=O) groups is 1. The van der Waals surface area contributed by atoms with Crippen LogP contribution in [0, 0.1) is 5.41 Å². The summed E-state index contributed by atoms with van der Waals surface area (Å²) in [5.74, 6) is 0.588. The van der Waals surface area contributed by atoms with Crippen LogP contribution in [0.1, 0.15) is 22.3 Å². The molecule has 9 heteroatoms. The molecule has 0 saturated heterocycles. The molecule has 1 N–H and O–H groups in total. The molecule has 2 aromatic carbocycles. The van der Waals surface area contributed by atoms with Crippen molar-refractivity contribution in [1.29, 1.82) is 5.41 Å². The molecule has 0 saturated carbocycles. The molecule has 0 aliphatic carbocycles. The Bertz CT molecular complexity index is 1470. The Morgan fingerprint density at radius 2 is 2.00 bits per heavy atom. The van der Waals surface area contributed by atoms with Gasteiger partial charge in [-0.05, 0) is 59.7 Å². The Morgan fingerprint density at radius 3 is 2.73 bits per heavy atom. The number of amidine groups is 2. The van der Waals surface area contributed by atoms with Crippen molar-refractivity contribution in [2.24, 2.45) is 10.1 Å². The summed E-state index contributed by atoms with van der Waals surface area (Å²) >= 11 is 1.23. The van der Waals surface area contributed by atoms with Crippen LogP contribution in [-0.2, 0) is 17.8 Å². The summed E-state index contributed by atoms with van der Waals surface area (Å²) in [5, 5.41) is 15.5. The van der Waals surface area contributed by atoms with Gasteiger partial charge in [-0.25, -0.2) is 0 Å². The van der Waals surface area contributed by atoms with Crippen LogP contribution in [0.2, 0.25) is 0 Å². The quantitative estimate of drug-likeness (QED) is 0.336. The van der Waals surface area contributed by atoms with E-state index in [1.807, 2.05) is 42.5 Å². The van der Waals surface area contributed by atoms with E-state index in [1.165, 1.54) is 16.8 Å². The topological polar surface area (TPSA) is 100 Å². The van der Waals surface area contributed by atoms with Crippen molar-refractivity contribution in [2.45, 2.75) is 13.0 Å². The fourth-order valence-corrected chi connectivity index (χ4v) is 4.77. The molecule has 184 valence electrons. The van der Waals surface area contributed by atoms with Gasteiger partial charge in [0.15, 0.2) is 17.3 Å². The number of ether oxygens (including phenoxy) is 2. The van der Waals surface area contributed by atoms with E-state index in [0.717, 1.165) is 16.7 Å². The summed E-state index contributed by atoms with van der Waals surface area (Å²) in [6.45, 7) is 4.24. The Kier molecular flexibility index (Phi) is 6.96. The van der Waals surface area contributed by atoms with Crippen LogP contribution < -0.4 is 9.47 Å². The number of thioether (sulfide) groups is 1. The van der Waals surface area contributed by atoms with Crippen LogP contribution in [0.3, 0.4) is 0 Å². The summed E-state index contributed by atoms with van der Waals surface area (Å²) in [6.07, 6.45) is 7.30. The van der Waals surface area contributed by atoms with Gasteiger partial charge in [0.05, 0.1) is 12.7 Å². The van der Waals surface area contributed by atoms with E-state index in [1.54, 1.807) is 43.8 Å². The fraction of sp³-hybridized carbons (Fsp3) is 0.107. The Labute approximate surface area is 218 Å². The van der Waals surface area contributed by atoms with Gasteiger partial charge in [-0.2, -0.15) is 15.1 Å². The first-order valence-corrected chi connectivity index (χ1v) is 12.3. The van der Waals surface area contributed by atoms with Crippen LogP contribution in [0.5, 0.6) is 11.5 Å². The molecule has 5 rings (SSSR count). The highest BCUT2D eigenvalue weighted by molar-refractivity contribution is 8.27. The maximum atomic E-state index is 12.9. The average Bonchev–Trinajstić information content (AvgIpc) is 3.35. The molecule has 1 amide bonds. The maximum absolute atomic E-state index is 12.9. The van der Waals surface area contributed by atoms with Crippen LogP contribution in [0.15, 0.2) is 95.3 Å². The standard InChI is InChI=1S/C28H23N5O3S/c1-3-8-20-13-19(15-23(35-2)24(20)36-17-18-9-5-4-6-10-18)14-22-25(29)33-28(31-26(22)34)37-27(32-33)21-11-7-12-30-16-21/h3-7,9-16,29H,1,8,17H2,2H3. The lowest BCUT2D eigenvalue weighted by molar-refractivity contribution is -0.114. The van der Waals surface area contributed by atoms with E-state index in [2.05, 4.69) is 21.7 Å². The minimum atomic E-state index is -0.500. The minimum absolute atomic E-state index is 0.0463. The van der Waals surface area contributed by atoms with Gasteiger partial charge in [0.25, 0.3) is 5.91 Å². The molecule has 3 heterocycles. The second kappa shape index (κ2) is 10.6. The summed E-state index contributed by atoms with van der Waals surface area (Å²) in [7, 11) is 1.57. The number of aromatic nitrogens is 1. The summed E-state index contributed by atoms with van der Waals surface area (Å²) in [4.78, 5) is 21.2. The van der Waals surface area contributed by atoms with E-state index in [-0.39, 0.29) is 11.4 Å². The lowest BCUT2D eigenvalue weighted by atomic mass is 10.0. The second-order valence-electron chi connectivity index (χ2n) is 8.15. The maximum Gasteiger partial charge on any atom is 0.283 e. The molecule has 0 bridgehead atoms. The third kappa shape index (κ3) is 5.07. The van der Waals surface area contributed by atoms with Crippen LogP contribution >= 0.6 is 11.8 Å². The van der Waals surface area contributed by atoms with Gasteiger partial charge in [0.2, 0.25) is 5.17 Å². The predicted molar refractivity (Wildman–Crippen MR) is 146 cm³/mol. The molecule has 37 heavy (non-hydrogen) atoms. The Hall–Kier alpha value is -4.50. The van der Waals surface area contributed by atoms with Crippen molar-refractivity contribution in [3.05, 3.63) is 107 Å². The summed E-state index contributed by atoms with van der Waals surface area (Å²) < 4.78 is 11.8. The van der Waals surface area contributed by atoms with Gasteiger partial charge in [-0.15, -0.1) is 6.58 Å². The van der Waals surface area contributed by atoms with Gasteiger partial charge >= 0.3 is 0 Å². The SMILES string of the molecule is C=CCc1cc(C=C2C(=N)N3N=C(c4cccnc4)SC3=NC2=O)cc(OC)c1OCc1ccccc1. The minimum Gasteiger partial charge on any atom is -0.493 e. The molecule has 0 fully saturated rings. The molecule has 8 nitrogen and oxygen atoms in total. The van der Waals surface area contributed by atoms with Gasteiger partial charge in [-0.1, -0.05) is 36.4 Å². The number of hydrogen-bond donors (Lipinski definition) is 1. The first-order chi connectivity index (χ1) is 18.1. The number of hydrogen-bond acceptors (Lipinski definition) is 7. The van der Waals surface area contributed by atoms with Crippen LogP contribution in [0.4, 0.5) is 0 Å². The van der Waals surface area contributed by atoms with Crippen molar-refractivity contribution in [3.8, 4) is 11.5 Å². The number of rotatable bonds is 8. The van der Waals surface area contributed by atoms with Crippen LogP contribution in [0.25, 0.3) is 6.08 Å². The number of amides is 1. The normalized spacial score (nSPS) is 15.8. The molecule has 0 unspecified atom stereocenters. The van der Waals surface area contributed by atoms with E-state index in [4.69, 9.17) is 14.9 Å². The fourth-order valence-electron chi connectivity index (χ4n) is 3.88. The molecule has 1 aromatic heterocycles. The lowest BCUT2D eigenvalue weighted by Gasteiger charge is -2.20. The van der Waals surface area contributed by atoms with E-state index < -0.39 is 5.91 Å².